The van der Waals surface area contributed by atoms with Crippen molar-refractivity contribution in [3.63, 3.8) is 0 Å². The van der Waals surface area contributed by atoms with Crippen LogP contribution in [0.15, 0.2) is 0 Å². The molecule has 14 heavy (non-hydrogen) atoms. The number of hydrogen-bond acceptors (Lipinski definition) is 3. The quantitative estimate of drug-likeness (QED) is 0.694. The molecule has 1 saturated carbocycles. The van der Waals surface area contributed by atoms with Gasteiger partial charge in [-0.05, 0) is 25.2 Å². The number of fused-ring (bicyclic) bond motifs is 1. The Balaban J connectivity index is 1.53. The first-order chi connectivity index (χ1) is 6.92. The highest BCUT2D eigenvalue weighted by atomic mass is 16.5. The second kappa shape index (κ2) is 3.80. The summed E-state index contributed by atoms with van der Waals surface area (Å²) in [6.07, 6.45) is 4.66. The molecule has 2 aliphatic heterocycles. The summed E-state index contributed by atoms with van der Waals surface area (Å²) in [7, 11) is 0. The fraction of sp³-hybridized carbons (Fsp3) is 1.00. The van der Waals surface area contributed by atoms with Crippen LogP contribution in [0.3, 0.4) is 0 Å². The van der Waals surface area contributed by atoms with Crippen LogP contribution < -0.4 is 5.32 Å². The van der Waals surface area contributed by atoms with Crippen molar-refractivity contribution in [3.8, 4) is 0 Å². The molecular weight excluding hydrogens is 176 g/mol. The van der Waals surface area contributed by atoms with Crippen LogP contribution in [0.25, 0.3) is 0 Å². The van der Waals surface area contributed by atoms with Gasteiger partial charge in [-0.25, -0.2) is 0 Å². The third kappa shape index (κ3) is 1.95. The second-order valence-corrected chi connectivity index (χ2v) is 4.96. The molecule has 1 aliphatic carbocycles. The SMILES string of the molecule is C1COC2CCN(CC3CC3)CC2N1. The van der Waals surface area contributed by atoms with Crippen LogP contribution in [0.2, 0.25) is 0 Å². The zero-order valence-electron chi connectivity index (χ0n) is 8.74. The molecule has 0 radical (unpaired) electrons. The van der Waals surface area contributed by atoms with Crippen LogP contribution in [0, 0.1) is 5.92 Å². The number of rotatable bonds is 2. The van der Waals surface area contributed by atoms with Crippen molar-refractivity contribution >= 4 is 0 Å². The minimum Gasteiger partial charge on any atom is -0.375 e. The van der Waals surface area contributed by atoms with Gasteiger partial charge in [0.25, 0.3) is 0 Å². The molecule has 0 aromatic carbocycles. The van der Waals surface area contributed by atoms with Crippen molar-refractivity contribution in [1.82, 2.24) is 10.2 Å². The minimum absolute atomic E-state index is 0.499. The lowest BCUT2D eigenvalue weighted by Gasteiger charge is -2.41. The van der Waals surface area contributed by atoms with E-state index in [-0.39, 0.29) is 0 Å². The van der Waals surface area contributed by atoms with E-state index in [9.17, 15) is 0 Å². The van der Waals surface area contributed by atoms with E-state index in [1.165, 1.54) is 38.9 Å². The summed E-state index contributed by atoms with van der Waals surface area (Å²) in [5.74, 6) is 1.02. The lowest BCUT2D eigenvalue weighted by Crippen LogP contribution is -2.58. The summed E-state index contributed by atoms with van der Waals surface area (Å²) < 4.78 is 5.76. The number of morpholine rings is 1. The molecule has 0 aromatic heterocycles. The van der Waals surface area contributed by atoms with Gasteiger partial charge in [0.15, 0.2) is 0 Å². The fourth-order valence-electron chi connectivity index (χ4n) is 2.68. The first kappa shape index (κ1) is 9.13. The van der Waals surface area contributed by atoms with Crippen molar-refractivity contribution in [2.75, 3.05) is 32.8 Å². The molecule has 2 saturated heterocycles. The first-order valence-corrected chi connectivity index (χ1v) is 5.99. The number of ether oxygens (including phenoxy) is 1. The van der Waals surface area contributed by atoms with E-state index < -0.39 is 0 Å². The Bertz CT molecular complexity index is 205. The largest absolute Gasteiger partial charge is 0.375 e. The third-order valence-electron chi connectivity index (χ3n) is 3.69. The van der Waals surface area contributed by atoms with Crippen LogP contribution in [0.5, 0.6) is 0 Å². The summed E-state index contributed by atoms with van der Waals surface area (Å²) in [5, 5.41) is 3.58. The lowest BCUT2D eigenvalue weighted by molar-refractivity contribution is -0.0435. The summed E-state index contributed by atoms with van der Waals surface area (Å²) in [4.78, 5) is 2.63. The highest BCUT2D eigenvalue weighted by Crippen LogP contribution is 2.31. The maximum absolute atomic E-state index is 5.76. The molecule has 2 atom stereocenters. The van der Waals surface area contributed by atoms with Crippen molar-refractivity contribution in [3.05, 3.63) is 0 Å². The van der Waals surface area contributed by atoms with E-state index in [2.05, 4.69) is 10.2 Å². The number of nitrogens with one attached hydrogen (secondary N) is 1. The summed E-state index contributed by atoms with van der Waals surface area (Å²) in [6.45, 7) is 5.74. The van der Waals surface area contributed by atoms with Crippen molar-refractivity contribution in [2.24, 2.45) is 5.92 Å². The molecule has 2 heterocycles. The Morgan fingerprint density at radius 2 is 2.21 bits per heavy atom. The van der Waals surface area contributed by atoms with Crippen LogP contribution >= 0.6 is 0 Å². The second-order valence-electron chi connectivity index (χ2n) is 4.96. The monoisotopic (exact) mass is 196 g/mol. The summed E-state index contributed by atoms with van der Waals surface area (Å²) in [6, 6.07) is 0.608. The topological polar surface area (TPSA) is 24.5 Å². The molecule has 0 aromatic rings. The van der Waals surface area contributed by atoms with Crippen molar-refractivity contribution < 1.29 is 4.74 Å². The van der Waals surface area contributed by atoms with Crippen molar-refractivity contribution in [2.45, 2.75) is 31.4 Å². The number of hydrogen-bond donors (Lipinski definition) is 1. The molecule has 3 rings (SSSR count). The Morgan fingerprint density at radius 1 is 1.29 bits per heavy atom. The van der Waals surface area contributed by atoms with E-state index in [1.807, 2.05) is 0 Å². The molecular formula is C11H20N2O. The Hall–Kier alpha value is -0.120. The van der Waals surface area contributed by atoms with Gasteiger partial charge in [0.2, 0.25) is 0 Å². The van der Waals surface area contributed by atoms with Gasteiger partial charge in [0.1, 0.15) is 0 Å². The van der Waals surface area contributed by atoms with Gasteiger partial charge in [-0.15, -0.1) is 0 Å². The van der Waals surface area contributed by atoms with Gasteiger partial charge in [-0.1, -0.05) is 0 Å². The molecule has 80 valence electrons. The van der Waals surface area contributed by atoms with Crippen LogP contribution in [0.4, 0.5) is 0 Å². The van der Waals surface area contributed by atoms with E-state index in [4.69, 9.17) is 4.74 Å². The fourth-order valence-corrected chi connectivity index (χ4v) is 2.68. The van der Waals surface area contributed by atoms with Crippen molar-refractivity contribution in [1.29, 1.82) is 0 Å². The predicted molar refractivity (Wildman–Crippen MR) is 55.3 cm³/mol. The molecule has 3 fully saturated rings. The number of nitrogens with zero attached hydrogens (tertiary/aromatic N) is 1. The third-order valence-corrected chi connectivity index (χ3v) is 3.69. The van der Waals surface area contributed by atoms with Gasteiger partial charge < -0.3 is 15.0 Å². The average Bonchev–Trinajstić information content (AvgIpc) is 3.02. The number of piperidine rings is 1. The highest BCUT2D eigenvalue weighted by molar-refractivity contribution is 4.90. The minimum atomic E-state index is 0.499. The Morgan fingerprint density at radius 3 is 3.07 bits per heavy atom. The van der Waals surface area contributed by atoms with E-state index in [1.54, 1.807) is 0 Å². The molecule has 3 nitrogen and oxygen atoms in total. The van der Waals surface area contributed by atoms with Gasteiger partial charge in [0, 0.05) is 32.2 Å². The van der Waals surface area contributed by atoms with Gasteiger partial charge in [0.05, 0.1) is 12.7 Å². The molecule has 2 unspecified atom stereocenters. The molecule has 3 heteroatoms. The molecule has 0 bridgehead atoms. The predicted octanol–water partition coefficient (Wildman–Crippen LogP) is 0.459. The molecule has 0 amide bonds. The Labute approximate surface area is 85.8 Å². The standard InChI is InChI=1S/C11H20N2O/c1-2-9(1)7-13-5-3-11-10(8-13)12-4-6-14-11/h9-12H,1-8H2. The zero-order chi connectivity index (χ0) is 9.38. The first-order valence-electron chi connectivity index (χ1n) is 5.99. The van der Waals surface area contributed by atoms with Gasteiger partial charge in [-0.2, -0.15) is 0 Å². The normalized spacial score (nSPS) is 39.4. The molecule has 0 spiro atoms. The molecule has 1 N–H and O–H groups in total. The van der Waals surface area contributed by atoms with E-state index >= 15 is 0 Å². The van der Waals surface area contributed by atoms with Crippen LogP contribution in [-0.2, 0) is 4.74 Å². The van der Waals surface area contributed by atoms with E-state index in [0.717, 1.165) is 19.1 Å². The number of likely N-dealkylation sites (tertiary alicyclic amines) is 1. The zero-order valence-corrected chi connectivity index (χ0v) is 8.74. The Kier molecular flexibility index (Phi) is 2.48. The van der Waals surface area contributed by atoms with E-state index in [0.29, 0.717) is 12.1 Å². The van der Waals surface area contributed by atoms with Crippen LogP contribution in [0.1, 0.15) is 19.3 Å². The highest BCUT2D eigenvalue weighted by Gasteiger charge is 2.34. The summed E-state index contributed by atoms with van der Waals surface area (Å²) >= 11 is 0. The molecule has 3 aliphatic rings. The smallest absolute Gasteiger partial charge is 0.0753 e. The van der Waals surface area contributed by atoms with Crippen LogP contribution in [-0.4, -0.2) is 49.8 Å². The van der Waals surface area contributed by atoms with Gasteiger partial charge in [-0.3, -0.25) is 0 Å². The maximum atomic E-state index is 5.76. The lowest BCUT2D eigenvalue weighted by atomic mass is 10.0. The maximum Gasteiger partial charge on any atom is 0.0753 e. The summed E-state index contributed by atoms with van der Waals surface area (Å²) in [5.41, 5.74) is 0. The van der Waals surface area contributed by atoms with Gasteiger partial charge >= 0.3 is 0 Å². The average molecular weight is 196 g/mol.